The summed E-state index contributed by atoms with van der Waals surface area (Å²) in [6, 6.07) is 11.2. The van der Waals surface area contributed by atoms with E-state index in [-0.39, 0.29) is 17.9 Å². The number of likely N-dealkylation sites (tertiary alicyclic amines) is 1. The number of amides is 2. The predicted octanol–water partition coefficient (Wildman–Crippen LogP) is 3.91. The molecule has 1 N–H and O–H groups in total. The number of nitrogens with zero attached hydrogens (tertiary/aromatic N) is 2. The minimum atomic E-state index is -0.440. The van der Waals surface area contributed by atoms with Gasteiger partial charge in [0, 0.05) is 30.6 Å². The Balaban J connectivity index is 1.51. The zero-order chi connectivity index (χ0) is 23.2. The lowest BCUT2D eigenvalue weighted by atomic mass is 9.81. The van der Waals surface area contributed by atoms with Crippen LogP contribution in [0.1, 0.15) is 58.9 Å². The molecule has 0 spiro atoms. The Morgan fingerprint density at radius 1 is 1.15 bits per heavy atom. The van der Waals surface area contributed by atoms with Crippen LogP contribution < -0.4 is 5.32 Å². The molecule has 0 bridgehead atoms. The summed E-state index contributed by atoms with van der Waals surface area (Å²) in [5.74, 6) is 0.336. The highest BCUT2D eigenvalue weighted by molar-refractivity contribution is 7.10. The van der Waals surface area contributed by atoms with Crippen molar-refractivity contribution in [2.24, 2.45) is 5.92 Å². The second-order valence-corrected chi connectivity index (χ2v) is 10.2. The zero-order valence-corrected chi connectivity index (χ0v) is 20.5. The quantitative estimate of drug-likeness (QED) is 0.566. The van der Waals surface area contributed by atoms with E-state index in [9.17, 15) is 9.59 Å². The first-order valence-electron chi connectivity index (χ1n) is 12.0. The van der Waals surface area contributed by atoms with E-state index in [0.717, 1.165) is 42.4 Å². The maximum absolute atomic E-state index is 13.6. The third kappa shape index (κ3) is 5.48. The van der Waals surface area contributed by atoms with Gasteiger partial charge in [-0.2, -0.15) is 0 Å². The van der Waals surface area contributed by atoms with Gasteiger partial charge in [-0.1, -0.05) is 31.2 Å². The van der Waals surface area contributed by atoms with Gasteiger partial charge in [0.25, 0.3) is 5.91 Å². The molecule has 0 unspecified atom stereocenters. The van der Waals surface area contributed by atoms with E-state index in [4.69, 9.17) is 4.74 Å². The fourth-order valence-electron chi connectivity index (χ4n) is 5.00. The molecule has 6 nitrogen and oxygen atoms in total. The summed E-state index contributed by atoms with van der Waals surface area (Å²) in [5.41, 5.74) is 1.43. The van der Waals surface area contributed by atoms with Crippen molar-refractivity contribution in [1.29, 1.82) is 0 Å². The third-order valence-corrected chi connectivity index (χ3v) is 7.86. The number of thiophene rings is 1. The van der Waals surface area contributed by atoms with E-state index in [1.54, 1.807) is 18.4 Å². The molecule has 2 atom stereocenters. The molecule has 0 aliphatic carbocycles. The number of piperidine rings is 1. The Bertz CT molecular complexity index is 925. The summed E-state index contributed by atoms with van der Waals surface area (Å²) in [7, 11) is 1.63. The van der Waals surface area contributed by atoms with Crippen molar-refractivity contribution in [3.63, 3.8) is 0 Å². The van der Waals surface area contributed by atoms with Crippen LogP contribution in [-0.4, -0.2) is 68.1 Å². The molecule has 0 saturated carbocycles. The maximum atomic E-state index is 13.6. The van der Waals surface area contributed by atoms with Crippen LogP contribution in [0, 0.1) is 5.92 Å². The van der Waals surface area contributed by atoms with Gasteiger partial charge in [-0.15, -0.1) is 11.3 Å². The van der Waals surface area contributed by atoms with Crippen LogP contribution >= 0.6 is 11.3 Å². The van der Waals surface area contributed by atoms with E-state index in [2.05, 4.69) is 17.1 Å². The number of hydrogen-bond donors (Lipinski definition) is 1. The molecule has 2 aromatic rings. The van der Waals surface area contributed by atoms with Crippen molar-refractivity contribution in [2.45, 2.75) is 38.1 Å². The Morgan fingerprint density at radius 2 is 1.94 bits per heavy atom. The number of hydrogen-bond acceptors (Lipinski definition) is 5. The van der Waals surface area contributed by atoms with Crippen molar-refractivity contribution in [3.05, 3.63) is 57.8 Å². The average molecular weight is 470 g/mol. The van der Waals surface area contributed by atoms with Crippen LogP contribution in [0.3, 0.4) is 0 Å². The molecule has 3 heterocycles. The molecular formula is C26H35N3O3S. The molecule has 7 heteroatoms. The van der Waals surface area contributed by atoms with Gasteiger partial charge in [0.15, 0.2) is 0 Å². The van der Waals surface area contributed by atoms with Gasteiger partial charge in [0.05, 0.1) is 18.6 Å². The lowest BCUT2D eigenvalue weighted by molar-refractivity contribution is -0.124. The molecule has 2 amide bonds. The minimum Gasteiger partial charge on any atom is -0.383 e. The van der Waals surface area contributed by atoms with Gasteiger partial charge >= 0.3 is 0 Å². The Labute approximate surface area is 200 Å². The first-order chi connectivity index (χ1) is 16.1. The van der Waals surface area contributed by atoms with E-state index in [0.29, 0.717) is 25.3 Å². The summed E-state index contributed by atoms with van der Waals surface area (Å²) < 4.78 is 5.29. The highest BCUT2D eigenvalue weighted by atomic mass is 32.1. The normalized spacial score (nSPS) is 21.8. The molecule has 0 radical (unpaired) electrons. The molecule has 1 aromatic heterocycles. The van der Waals surface area contributed by atoms with E-state index in [1.807, 2.05) is 46.7 Å². The topological polar surface area (TPSA) is 61.9 Å². The molecule has 1 saturated heterocycles. The number of rotatable bonds is 9. The Kier molecular flexibility index (Phi) is 8.17. The lowest BCUT2D eigenvalue weighted by Crippen LogP contribution is -2.48. The number of nitrogens with one attached hydrogen (secondary N) is 1. The number of carbonyl (C=O) groups is 2. The van der Waals surface area contributed by atoms with E-state index >= 15 is 0 Å². The number of carbonyl (C=O) groups excluding carboxylic acids is 2. The van der Waals surface area contributed by atoms with Gasteiger partial charge in [-0.3, -0.25) is 9.59 Å². The Morgan fingerprint density at radius 3 is 2.67 bits per heavy atom. The fraction of sp³-hybridized carbons (Fsp3) is 0.538. The van der Waals surface area contributed by atoms with Gasteiger partial charge in [0.1, 0.15) is 0 Å². The van der Waals surface area contributed by atoms with Crippen LogP contribution in [0.4, 0.5) is 0 Å². The highest BCUT2D eigenvalue weighted by Gasteiger charge is 2.44. The predicted molar refractivity (Wildman–Crippen MR) is 132 cm³/mol. The number of methoxy groups -OCH3 is 1. The minimum absolute atomic E-state index is 0.0111. The van der Waals surface area contributed by atoms with Crippen molar-refractivity contribution < 1.29 is 14.3 Å². The van der Waals surface area contributed by atoms with Crippen LogP contribution in [0.15, 0.2) is 41.8 Å². The first-order valence-corrected chi connectivity index (χ1v) is 12.9. The summed E-state index contributed by atoms with van der Waals surface area (Å²) in [6.45, 7) is 7.17. The lowest BCUT2D eigenvalue weighted by Gasteiger charge is -2.41. The maximum Gasteiger partial charge on any atom is 0.254 e. The second-order valence-electron chi connectivity index (χ2n) is 9.19. The average Bonchev–Trinajstić information content (AvgIpc) is 3.37. The van der Waals surface area contributed by atoms with Crippen LogP contribution in [-0.2, 0) is 9.53 Å². The molecule has 2 aliphatic heterocycles. The van der Waals surface area contributed by atoms with Crippen LogP contribution in [0.5, 0.6) is 0 Å². The van der Waals surface area contributed by atoms with Crippen LogP contribution in [0.25, 0.3) is 0 Å². The van der Waals surface area contributed by atoms with Crippen molar-refractivity contribution in [3.8, 4) is 0 Å². The van der Waals surface area contributed by atoms with E-state index < -0.39 is 5.92 Å². The van der Waals surface area contributed by atoms with Gasteiger partial charge in [-0.05, 0) is 67.9 Å². The van der Waals surface area contributed by atoms with Crippen molar-refractivity contribution in [2.75, 3.05) is 46.4 Å². The van der Waals surface area contributed by atoms with Gasteiger partial charge < -0.3 is 19.9 Å². The smallest absolute Gasteiger partial charge is 0.254 e. The third-order valence-electron chi connectivity index (χ3n) is 6.92. The highest BCUT2D eigenvalue weighted by Crippen LogP contribution is 2.44. The Hall–Kier alpha value is -2.22. The molecule has 178 valence electrons. The molecule has 4 rings (SSSR count). The molecule has 2 aliphatic rings. The van der Waals surface area contributed by atoms with Crippen molar-refractivity contribution >= 4 is 23.2 Å². The van der Waals surface area contributed by atoms with Crippen molar-refractivity contribution in [1.82, 2.24) is 15.1 Å². The number of benzene rings is 1. The molecule has 33 heavy (non-hydrogen) atoms. The summed E-state index contributed by atoms with van der Waals surface area (Å²) in [5, 5.41) is 5.20. The monoisotopic (exact) mass is 469 g/mol. The summed E-state index contributed by atoms with van der Waals surface area (Å²) >= 11 is 1.59. The number of ether oxygens (including phenoxy) is 1. The fourth-order valence-corrected chi connectivity index (χ4v) is 5.87. The largest absolute Gasteiger partial charge is 0.383 e. The van der Waals surface area contributed by atoms with Crippen LogP contribution in [0.2, 0.25) is 0 Å². The number of fused-ring (bicyclic) bond motifs is 1. The summed E-state index contributed by atoms with van der Waals surface area (Å²) in [6.07, 6.45) is 3.46. The van der Waals surface area contributed by atoms with Gasteiger partial charge in [0.2, 0.25) is 5.91 Å². The zero-order valence-electron chi connectivity index (χ0n) is 19.7. The van der Waals surface area contributed by atoms with Gasteiger partial charge in [-0.25, -0.2) is 0 Å². The first kappa shape index (κ1) is 23.9. The SMILES string of the molecule is COCCN1C(=O)c2ccccc2[C@@H](C(=O)NCCCN2CCC(C)CC2)[C@H]1c1cccs1. The molecular weight excluding hydrogens is 434 g/mol. The molecule has 1 fully saturated rings. The summed E-state index contributed by atoms with van der Waals surface area (Å²) in [4.78, 5) is 32.3. The van der Waals surface area contributed by atoms with E-state index in [1.165, 1.54) is 12.8 Å². The second kappa shape index (κ2) is 11.3. The molecule has 1 aromatic carbocycles. The standard InChI is InChI=1S/C26H35N3O3S/c1-19-10-14-28(15-11-19)13-6-12-27-25(30)23-20-7-3-4-8-21(20)26(31)29(16-17-32-2)24(23)22-9-5-18-33-22/h3-5,7-9,18-19,23-24H,6,10-17H2,1-2H3,(H,27,30)/t23-,24-/m1/s1.